The number of nitrogens with zero attached hydrogens (tertiary/aromatic N) is 1. The Bertz CT molecular complexity index is 2010. The molecule has 2 amide bonds. The number of ether oxygens (including phenoxy) is 1. The highest BCUT2D eigenvalue weighted by Gasteiger charge is 2.45. The highest BCUT2D eigenvalue weighted by molar-refractivity contribution is 5.89. The molecule has 1 aromatic heterocycles. The van der Waals surface area contributed by atoms with E-state index in [9.17, 15) is 44.3 Å². The number of rotatable bonds is 11. The van der Waals surface area contributed by atoms with Gasteiger partial charge >= 0.3 is 18.6 Å². The summed E-state index contributed by atoms with van der Waals surface area (Å²) in [5, 5.41) is 4.81. The molecule has 5 aromatic rings. The molecule has 15 heteroatoms. The standard InChI is InChI=1S/C35H23F10N3O2/c36-23-2-1-3-25(15-23)48-33(49)47-18-34(21-6-8-28(39)30(41)14-21,22-12-24(37)16-26(13-22)50-35(44,45)32(42)43)31-9-5-20(17-46-31)10-19-4-7-27(38)29(40)11-19/h1-9,11-17,32H,10,18H2,(H2,47,48,49). The van der Waals surface area contributed by atoms with Crippen LogP contribution in [-0.4, -0.2) is 30.1 Å². The summed E-state index contributed by atoms with van der Waals surface area (Å²) in [5.74, 6) is -7.97. The van der Waals surface area contributed by atoms with Gasteiger partial charge in [-0.2, -0.15) is 17.6 Å². The molecule has 4 aromatic carbocycles. The van der Waals surface area contributed by atoms with E-state index in [0.717, 1.165) is 42.5 Å². The lowest BCUT2D eigenvalue weighted by atomic mass is 9.71. The number of benzene rings is 4. The SMILES string of the molecule is O=C(NCC(c1cc(F)cc(OC(F)(F)C(F)F)c1)(c1ccc(F)c(F)c1)c1ccc(Cc2ccc(F)c(F)c2)cn1)Nc1cccc(F)c1. The highest BCUT2D eigenvalue weighted by Crippen LogP contribution is 2.41. The van der Waals surface area contributed by atoms with Crippen LogP contribution in [-0.2, 0) is 11.8 Å². The van der Waals surface area contributed by atoms with Gasteiger partial charge in [-0.05, 0) is 89.3 Å². The molecule has 1 unspecified atom stereocenters. The molecule has 1 atom stereocenters. The Labute approximate surface area is 277 Å². The number of hydrogen-bond acceptors (Lipinski definition) is 3. The van der Waals surface area contributed by atoms with Gasteiger partial charge in [0, 0.05) is 24.5 Å². The van der Waals surface area contributed by atoms with Crippen molar-refractivity contribution in [2.45, 2.75) is 24.4 Å². The van der Waals surface area contributed by atoms with E-state index in [1.165, 1.54) is 36.5 Å². The van der Waals surface area contributed by atoms with Crippen molar-refractivity contribution >= 4 is 11.7 Å². The van der Waals surface area contributed by atoms with Crippen LogP contribution in [0.4, 0.5) is 54.4 Å². The fourth-order valence-electron chi connectivity index (χ4n) is 5.21. The average molecular weight is 708 g/mol. The molecule has 5 rings (SSSR count). The molecule has 0 radical (unpaired) electrons. The highest BCUT2D eigenvalue weighted by atomic mass is 19.3. The first-order chi connectivity index (χ1) is 23.7. The molecule has 2 N–H and O–H groups in total. The lowest BCUT2D eigenvalue weighted by Crippen LogP contribution is -2.45. The fraction of sp³-hybridized carbons (Fsp3) is 0.143. The molecule has 0 aliphatic rings. The normalized spacial score (nSPS) is 12.8. The van der Waals surface area contributed by atoms with Crippen molar-refractivity contribution in [1.82, 2.24) is 10.3 Å². The second-order valence-electron chi connectivity index (χ2n) is 11.0. The third-order valence-electron chi connectivity index (χ3n) is 7.54. The van der Waals surface area contributed by atoms with Crippen LogP contribution < -0.4 is 15.4 Å². The molecule has 0 saturated carbocycles. The topological polar surface area (TPSA) is 63.2 Å². The van der Waals surface area contributed by atoms with E-state index in [-0.39, 0.29) is 23.4 Å². The summed E-state index contributed by atoms with van der Waals surface area (Å²) < 4.78 is 143. The second-order valence-corrected chi connectivity index (χ2v) is 11.0. The summed E-state index contributed by atoms with van der Waals surface area (Å²) in [6.45, 7) is -0.705. The van der Waals surface area contributed by atoms with Gasteiger partial charge in [-0.15, -0.1) is 0 Å². The molecule has 50 heavy (non-hydrogen) atoms. The zero-order chi connectivity index (χ0) is 36.2. The van der Waals surface area contributed by atoms with Crippen molar-refractivity contribution in [3.63, 3.8) is 0 Å². The van der Waals surface area contributed by atoms with Gasteiger partial charge in [0.25, 0.3) is 0 Å². The van der Waals surface area contributed by atoms with E-state index in [2.05, 4.69) is 20.4 Å². The van der Waals surface area contributed by atoms with E-state index < -0.39 is 76.7 Å². The monoisotopic (exact) mass is 707 g/mol. The molecule has 0 spiro atoms. The van der Waals surface area contributed by atoms with Crippen molar-refractivity contribution in [2.24, 2.45) is 0 Å². The van der Waals surface area contributed by atoms with Crippen LogP contribution >= 0.6 is 0 Å². The average Bonchev–Trinajstić information content (AvgIpc) is 3.05. The molecule has 5 nitrogen and oxygen atoms in total. The Hall–Kier alpha value is -5.60. The number of amides is 2. The van der Waals surface area contributed by atoms with Gasteiger partial charge in [0.2, 0.25) is 0 Å². The molecule has 260 valence electrons. The number of pyridine rings is 1. The number of carbonyl (C=O) groups excluding carboxylic acids is 1. The summed E-state index contributed by atoms with van der Waals surface area (Å²) in [7, 11) is 0. The number of urea groups is 1. The Morgan fingerprint density at radius 1 is 0.720 bits per heavy atom. The maximum atomic E-state index is 15.1. The largest absolute Gasteiger partial charge is 0.461 e. The third-order valence-corrected chi connectivity index (χ3v) is 7.54. The molecule has 0 aliphatic heterocycles. The summed E-state index contributed by atoms with van der Waals surface area (Å²) in [5.41, 5.74) is -2.11. The van der Waals surface area contributed by atoms with Crippen LogP contribution in [0.2, 0.25) is 0 Å². The molecule has 1 heterocycles. The lowest BCUT2D eigenvalue weighted by Gasteiger charge is -2.35. The molecular formula is C35H23F10N3O2. The summed E-state index contributed by atoms with van der Waals surface area (Å²) >= 11 is 0. The maximum absolute atomic E-state index is 15.1. The number of halogens is 10. The number of hydrogen-bond donors (Lipinski definition) is 2. The van der Waals surface area contributed by atoms with Crippen LogP contribution in [0.25, 0.3) is 0 Å². The maximum Gasteiger partial charge on any atom is 0.461 e. The van der Waals surface area contributed by atoms with Crippen molar-refractivity contribution in [3.8, 4) is 5.75 Å². The zero-order valence-electron chi connectivity index (χ0n) is 25.3. The first-order valence-electron chi connectivity index (χ1n) is 14.5. The number of alkyl halides is 4. The van der Waals surface area contributed by atoms with Gasteiger partial charge in [-0.1, -0.05) is 24.3 Å². The molecular weight excluding hydrogens is 684 g/mol. The Morgan fingerprint density at radius 2 is 1.42 bits per heavy atom. The molecule has 0 saturated heterocycles. The van der Waals surface area contributed by atoms with E-state index in [1.54, 1.807) is 0 Å². The van der Waals surface area contributed by atoms with Gasteiger partial charge in [0.15, 0.2) is 23.3 Å². The van der Waals surface area contributed by atoms with Crippen LogP contribution in [0.15, 0.2) is 97.2 Å². The van der Waals surface area contributed by atoms with Crippen LogP contribution in [0.3, 0.4) is 0 Å². The molecule has 0 bridgehead atoms. The van der Waals surface area contributed by atoms with E-state index >= 15 is 4.39 Å². The van der Waals surface area contributed by atoms with Gasteiger partial charge in [-0.25, -0.2) is 31.1 Å². The quantitative estimate of drug-likeness (QED) is 0.135. The van der Waals surface area contributed by atoms with E-state index in [4.69, 9.17) is 0 Å². The lowest BCUT2D eigenvalue weighted by molar-refractivity contribution is -0.253. The van der Waals surface area contributed by atoms with Gasteiger partial charge < -0.3 is 15.4 Å². The van der Waals surface area contributed by atoms with Crippen molar-refractivity contribution in [1.29, 1.82) is 0 Å². The Balaban J connectivity index is 1.66. The van der Waals surface area contributed by atoms with Gasteiger partial charge in [-0.3, -0.25) is 4.98 Å². The number of aromatic nitrogens is 1. The Kier molecular flexibility index (Phi) is 10.3. The summed E-state index contributed by atoms with van der Waals surface area (Å²) in [4.78, 5) is 17.4. The third kappa shape index (κ3) is 7.98. The molecule has 0 aliphatic carbocycles. The Morgan fingerprint density at radius 3 is 2.06 bits per heavy atom. The van der Waals surface area contributed by atoms with Gasteiger partial charge in [0.05, 0.1) is 11.1 Å². The van der Waals surface area contributed by atoms with Crippen molar-refractivity contribution < 1.29 is 53.4 Å². The predicted octanol–water partition coefficient (Wildman–Crippen LogP) is 8.90. The van der Waals surface area contributed by atoms with E-state index in [1.807, 2.05) is 0 Å². The number of carbonyl (C=O) groups is 1. The minimum absolute atomic E-state index is 0.00342. The van der Waals surface area contributed by atoms with Crippen molar-refractivity contribution in [3.05, 3.63) is 160 Å². The van der Waals surface area contributed by atoms with E-state index in [0.29, 0.717) is 29.3 Å². The van der Waals surface area contributed by atoms with Crippen LogP contribution in [0, 0.1) is 34.9 Å². The number of nitrogens with one attached hydrogen (secondary N) is 2. The number of anilines is 1. The summed E-state index contributed by atoms with van der Waals surface area (Å²) in [6, 6.07) is 14.0. The fourth-order valence-corrected chi connectivity index (χ4v) is 5.21. The second kappa shape index (κ2) is 14.5. The summed E-state index contributed by atoms with van der Waals surface area (Å²) in [6.07, 6.45) is -8.11. The minimum atomic E-state index is -5.07. The first-order valence-corrected chi connectivity index (χ1v) is 14.5. The van der Waals surface area contributed by atoms with Crippen molar-refractivity contribution in [2.75, 3.05) is 11.9 Å². The molecule has 0 fully saturated rings. The van der Waals surface area contributed by atoms with Crippen LogP contribution in [0.5, 0.6) is 5.75 Å². The predicted molar refractivity (Wildman–Crippen MR) is 161 cm³/mol. The zero-order valence-corrected chi connectivity index (χ0v) is 25.3. The smallest absolute Gasteiger partial charge is 0.428 e. The minimum Gasteiger partial charge on any atom is -0.428 e. The van der Waals surface area contributed by atoms with Crippen LogP contribution in [0.1, 0.15) is 27.9 Å². The first kappa shape index (κ1) is 35.7. The van der Waals surface area contributed by atoms with Gasteiger partial charge in [0.1, 0.15) is 17.4 Å².